The van der Waals surface area contributed by atoms with Gasteiger partial charge < -0.3 is 15.0 Å². The molecule has 6 heteroatoms. The smallest absolute Gasteiger partial charge is 0.309 e. The highest BCUT2D eigenvalue weighted by Crippen LogP contribution is 2.23. The monoisotopic (exact) mass is 282 g/mol. The van der Waals surface area contributed by atoms with Crippen LogP contribution in [-0.4, -0.2) is 48.9 Å². The van der Waals surface area contributed by atoms with Gasteiger partial charge in [-0.25, -0.2) is 0 Å². The number of hydrogen-bond acceptors (Lipinski definition) is 4. The molecular weight excluding hydrogens is 260 g/mol. The van der Waals surface area contributed by atoms with E-state index in [9.17, 15) is 14.4 Å². The Morgan fingerprint density at radius 3 is 2.55 bits per heavy atom. The van der Waals surface area contributed by atoms with Crippen molar-refractivity contribution in [1.29, 1.82) is 0 Å². The lowest BCUT2D eigenvalue weighted by molar-refractivity contribution is -0.152. The van der Waals surface area contributed by atoms with E-state index in [2.05, 4.69) is 5.32 Å². The van der Waals surface area contributed by atoms with Crippen molar-refractivity contribution in [3.8, 4) is 0 Å². The molecule has 0 spiro atoms. The Hall–Kier alpha value is -1.59. The summed E-state index contributed by atoms with van der Waals surface area (Å²) in [6.07, 6.45) is 2.31. The molecule has 0 aliphatic carbocycles. The molecule has 2 fully saturated rings. The zero-order valence-electron chi connectivity index (χ0n) is 11.9. The summed E-state index contributed by atoms with van der Waals surface area (Å²) in [5.41, 5.74) is 0. The summed E-state index contributed by atoms with van der Waals surface area (Å²) in [5, 5.41) is 2.73. The Labute approximate surface area is 118 Å². The van der Waals surface area contributed by atoms with E-state index in [1.54, 1.807) is 11.8 Å². The fourth-order valence-corrected chi connectivity index (χ4v) is 2.85. The van der Waals surface area contributed by atoms with Crippen LogP contribution in [0.1, 0.15) is 32.6 Å². The van der Waals surface area contributed by atoms with Crippen molar-refractivity contribution in [2.75, 3.05) is 26.2 Å². The first-order valence-corrected chi connectivity index (χ1v) is 7.34. The minimum Gasteiger partial charge on any atom is -0.466 e. The van der Waals surface area contributed by atoms with Gasteiger partial charge in [0.2, 0.25) is 11.8 Å². The maximum Gasteiger partial charge on any atom is 0.309 e. The molecule has 0 saturated carbocycles. The standard InChI is InChI=1S/C14H22N2O4/c1-2-20-14(19)10-4-7-16(8-5-10)13(18)11-3-6-15-12(17)9-11/h10-11H,2-9H2,1H3,(H,15,17). The fraction of sp³-hybridized carbons (Fsp3) is 0.786. The molecule has 1 atom stereocenters. The highest BCUT2D eigenvalue weighted by molar-refractivity contribution is 5.87. The van der Waals surface area contributed by atoms with Crippen molar-refractivity contribution < 1.29 is 19.1 Å². The van der Waals surface area contributed by atoms with E-state index in [0.29, 0.717) is 45.5 Å². The first kappa shape index (κ1) is 14.8. The van der Waals surface area contributed by atoms with Gasteiger partial charge in [-0.1, -0.05) is 0 Å². The lowest BCUT2D eigenvalue weighted by atomic mass is 9.92. The van der Waals surface area contributed by atoms with Gasteiger partial charge in [0.25, 0.3) is 0 Å². The molecule has 2 aliphatic rings. The Balaban J connectivity index is 1.82. The molecule has 1 unspecified atom stereocenters. The molecular formula is C14H22N2O4. The van der Waals surface area contributed by atoms with Crippen LogP contribution in [-0.2, 0) is 19.1 Å². The molecule has 0 aromatic carbocycles. The van der Waals surface area contributed by atoms with E-state index < -0.39 is 0 Å². The number of nitrogens with zero attached hydrogens (tertiary/aromatic N) is 1. The van der Waals surface area contributed by atoms with Crippen molar-refractivity contribution in [3.63, 3.8) is 0 Å². The summed E-state index contributed by atoms with van der Waals surface area (Å²) < 4.78 is 5.01. The zero-order valence-corrected chi connectivity index (χ0v) is 11.9. The summed E-state index contributed by atoms with van der Waals surface area (Å²) in [6, 6.07) is 0. The minimum absolute atomic E-state index is 0.0454. The molecule has 20 heavy (non-hydrogen) atoms. The Bertz CT molecular complexity index is 389. The molecule has 0 radical (unpaired) electrons. The number of nitrogens with one attached hydrogen (secondary N) is 1. The van der Waals surface area contributed by atoms with Crippen LogP contribution in [0.4, 0.5) is 0 Å². The van der Waals surface area contributed by atoms with Gasteiger partial charge in [0.15, 0.2) is 0 Å². The van der Waals surface area contributed by atoms with Crippen LogP contribution < -0.4 is 5.32 Å². The normalized spacial score (nSPS) is 24.1. The highest BCUT2D eigenvalue weighted by Gasteiger charge is 2.33. The van der Waals surface area contributed by atoms with Gasteiger partial charge in [0.1, 0.15) is 0 Å². The fourth-order valence-electron chi connectivity index (χ4n) is 2.85. The largest absolute Gasteiger partial charge is 0.466 e. The number of likely N-dealkylation sites (tertiary alicyclic amines) is 1. The van der Waals surface area contributed by atoms with E-state index >= 15 is 0 Å². The lowest BCUT2D eigenvalue weighted by Gasteiger charge is -2.34. The van der Waals surface area contributed by atoms with Gasteiger partial charge in [0, 0.05) is 32.0 Å². The first-order valence-electron chi connectivity index (χ1n) is 7.34. The molecule has 112 valence electrons. The highest BCUT2D eigenvalue weighted by atomic mass is 16.5. The van der Waals surface area contributed by atoms with Crippen molar-refractivity contribution in [2.24, 2.45) is 11.8 Å². The van der Waals surface area contributed by atoms with E-state index in [1.165, 1.54) is 0 Å². The van der Waals surface area contributed by atoms with Crippen molar-refractivity contribution in [2.45, 2.75) is 32.6 Å². The van der Waals surface area contributed by atoms with Crippen molar-refractivity contribution >= 4 is 17.8 Å². The molecule has 0 aromatic heterocycles. The van der Waals surface area contributed by atoms with Crippen LogP contribution in [0.2, 0.25) is 0 Å². The molecule has 2 aliphatic heterocycles. The van der Waals surface area contributed by atoms with Crippen molar-refractivity contribution in [1.82, 2.24) is 10.2 Å². The minimum atomic E-state index is -0.192. The predicted octanol–water partition coefficient (Wildman–Crippen LogP) is 0.314. The maximum atomic E-state index is 12.3. The third kappa shape index (κ3) is 3.49. The van der Waals surface area contributed by atoms with Crippen LogP contribution in [0.25, 0.3) is 0 Å². The van der Waals surface area contributed by atoms with Gasteiger partial charge >= 0.3 is 5.97 Å². The van der Waals surface area contributed by atoms with E-state index in [-0.39, 0.29) is 36.0 Å². The number of carbonyl (C=O) groups excluding carboxylic acids is 3. The Morgan fingerprint density at radius 2 is 1.95 bits per heavy atom. The SMILES string of the molecule is CCOC(=O)C1CCN(C(=O)C2CCNC(=O)C2)CC1. The van der Waals surface area contributed by atoms with Gasteiger partial charge in [-0.05, 0) is 26.2 Å². The summed E-state index contributed by atoms with van der Waals surface area (Å²) in [6.45, 7) is 3.94. The van der Waals surface area contributed by atoms with Crippen LogP contribution in [0.5, 0.6) is 0 Å². The summed E-state index contributed by atoms with van der Waals surface area (Å²) in [4.78, 5) is 37.1. The molecule has 2 amide bonds. The van der Waals surface area contributed by atoms with E-state index in [0.717, 1.165) is 0 Å². The summed E-state index contributed by atoms with van der Waals surface area (Å²) >= 11 is 0. The van der Waals surface area contributed by atoms with E-state index in [4.69, 9.17) is 4.74 Å². The van der Waals surface area contributed by atoms with Crippen LogP contribution in [0.15, 0.2) is 0 Å². The average Bonchev–Trinajstić information content (AvgIpc) is 2.47. The molecule has 2 rings (SSSR count). The Morgan fingerprint density at radius 1 is 1.25 bits per heavy atom. The number of amides is 2. The molecule has 0 bridgehead atoms. The quantitative estimate of drug-likeness (QED) is 0.756. The predicted molar refractivity (Wildman–Crippen MR) is 71.7 cm³/mol. The topological polar surface area (TPSA) is 75.7 Å². The molecule has 2 saturated heterocycles. The van der Waals surface area contributed by atoms with Gasteiger partial charge in [-0.3, -0.25) is 14.4 Å². The molecule has 6 nitrogen and oxygen atoms in total. The third-order valence-electron chi connectivity index (χ3n) is 4.02. The second-order valence-electron chi connectivity index (χ2n) is 5.39. The van der Waals surface area contributed by atoms with Gasteiger partial charge in [-0.2, -0.15) is 0 Å². The van der Waals surface area contributed by atoms with Crippen LogP contribution >= 0.6 is 0 Å². The number of rotatable bonds is 3. The lowest BCUT2D eigenvalue weighted by Crippen LogP contribution is -2.46. The van der Waals surface area contributed by atoms with E-state index in [1.807, 2.05) is 0 Å². The number of esters is 1. The number of piperidine rings is 2. The molecule has 1 N–H and O–H groups in total. The van der Waals surface area contributed by atoms with Crippen LogP contribution in [0, 0.1) is 11.8 Å². The number of ether oxygens (including phenoxy) is 1. The van der Waals surface area contributed by atoms with Crippen LogP contribution in [0.3, 0.4) is 0 Å². The Kier molecular flexibility index (Phi) is 4.98. The maximum absolute atomic E-state index is 12.3. The third-order valence-corrected chi connectivity index (χ3v) is 4.02. The molecule has 0 aromatic rings. The zero-order chi connectivity index (χ0) is 14.5. The number of carbonyl (C=O) groups is 3. The summed E-state index contributed by atoms with van der Waals surface area (Å²) in [5.74, 6) is -0.425. The van der Waals surface area contributed by atoms with Gasteiger partial charge in [-0.15, -0.1) is 0 Å². The second-order valence-corrected chi connectivity index (χ2v) is 5.39. The number of hydrogen-bond donors (Lipinski definition) is 1. The molecule has 2 heterocycles. The summed E-state index contributed by atoms with van der Waals surface area (Å²) in [7, 11) is 0. The van der Waals surface area contributed by atoms with Crippen molar-refractivity contribution in [3.05, 3.63) is 0 Å². The second kappa shape index (κ2) is 6.72. The first-order chi connectivity index (χ1) is 9.61. The average molecular weight is 282 g/mol. The van der Waals surface area contributed by atoms with Gasteiger partial charge in [0.05, 0.1) is 12.5 Å².